The van der Waals surface area contributed by atoms with Crippen molar-refractivity contribution in [2.75, 3.05) is 26.2 Å². The van der Waals surface area contributed by atoms with Crippen molar-refractivity contribution in [3.8, 4) is 0 Å². The molecule has 0 aromatic heterocycles. The van der Waals surface area contributed by atoms with Crippen molar-refractivity contribution in [3.63, 3.8) is 0 Å². The Kier molecular flexibility index (Phi) is 9.13. The summed E-state index contributed by atoms with van der Waals surface area (Å²) >= 11 is 0. The van der Waals surface area contributed by atoms with Gasteiger partial charge in [-0.1, -0.05) is 48.5 Å². The molecule has 7 nitrogen and oxygen atoms in total. The van der Waals surface area contributed by atoms with Gasteiger partial charge in [-0.05, 0) is 26.8 Å². The van der Waals surface area contributed by atoms with E-state index in [0.29, 0.717) is 23.1 Å². The fourth-order valence-corrected chi connectivity index (χ4v) is 5.21. The van der Waals surface area contributed by atoms with Crippen LogP contribution in [0.3, 0.4) is 0 Å². The van der Waals surface area contributed by atoms with Crippen LogP contribution in [0.2, 0.25) is 0 Å². The van der Waals surface area contributed by atoms with Crippen LogP contribution in [0.15, 0.2) is 54.6 Å². The summed E-state index contributed by atoms with van der Waals surface area (Å²) in [4.78, 5) is 38.8. The first-order valence-corrected chi connectivity index (χ1v) is 12.4. The van der Waals surface area contributed by atoms with E-state index in [4.69, 9.17) is 9.47 Å². The standard InChI is InChI=1S/C28H33FN2O5.BrH/c1-28(2,3)36-27(34)30-25(21-11-7-8-12-22(21)29)26(33)35-24-18-31(15-13-20(24)14-16-31)17-23(32)19-9-5-4-6-10-19;/h4-12,20,24-25H,13-18H2,1-3H3;1H/t20?,24-,25?,31?;/m0./s1. The highest BCUT2D eigenvalue weighted by Crippen LogP contribution is 2.36. The highest BCUT2D eigenvalue weighted by atomic mass is 79.9. The number of esters is 1. The van der Waals surface area contributed by atoms with E-state index in [0.717, 1.165) is 25.9 Å². The molecule has 9 heteroatoms. The van der Waals surface area contributed by atoms with E-state index in [9.17, 15) is 18.8 Å². The Bertz CT molecular complexity index is 1110. The number of amides is 1. The Labute approximate surface area is 227 Å². The number of piperidine rings is 3. The summed E-state index contributed by atoms with van der Waals surface area (Å²) in [5, 5.41) is 2.49. The number of hydrogen-bond donors (Lipinski definition) is 1. The van der Waals surface area contributed by atoms with Crippen molar-refractivity contribution < 1.29 is 49.7 Å². The van der Waals surface area contributed by atoms with Crippen LogP contribution >= 0.6 is 0 Å². The van der Waals surface area contributed by atoms with Crippen LogP contribution in [-0.4, -0.2) is 60.2 Å². The Balaban J connectivity index is 0.00000380. The van der Waals surface area contributed by atoms with E-state index < -0.39 is 35.6 Å². The van der Waals surface area contributed by atoms with Gasteiger partial charge >= 0.3 is 12.1 Å². The molecule has 0 spiro atoms. The Hall–Kier alpha value is -2.78. The molecular weight excluding hydrogens is 543 g/mol. The summed E-state index contributed by atoms with van der Waals surface area (Å²) in [5.74, 6) is -1.13. The lowest BCUT2D eigenvalue weighted by molar-refractivity contribution is -0.938. The Morgan fingerprint density at radius 2 is 1.65 bits per heavy atom. The van der Waals surface area contributed by atoms with E-state index in [-0.39, 0.29) is 34.2 Å². The molecule has 2 aromatic rings. The number of halogens is 2. The molecule has 5 rings (SSSR count). The van der Waals surface area contributed by atoms with Crippen LogP contribution in [0.4, 0.5) is 9.18 Å². The zero-order chi connectivity index (χ0) is 25.9. The van der Waals surface area contributed by atoms with Crippen LogP contribution in [0.25, 0.3) is 0 Å². The molecule has 37 heavy (non-hydrogen) atoms. The maximum Gasteiger partial charge on any atom is 0.408 e. The van der Waals surface area contributed by atoms with Gasteiger partial charge in [-0.2, -0.15) is 0 Å². The van der Waals surface area contributed by atoms with Crippen molar-refractivity contribution in [2.45, 2.75) is 51.4 Å². The third-order valence-electron chi connectivity index (χ3n) is 7.00. The largest absolute Gasteiger partial charge is 1.00 e. The molecule has 2 aromatic carbocycles. The third-order valence-corrected chi connectivity index (χ3v) is 7.00. The van der Waals surface area contributed by atoms with Crippen molar-refractivity contribution in [1.82, 2.24) is 5.32 Å². The first kappa shape index (κ1) is 28.8. The number of benzene rings is 2. The maximum absolute atomic E-state index is 14.6. The summed E-state index contributed by atoms with van der Waals surface area (Å²) < 4.78 is 26.4. The minimum absolute atomic E-state index is 0. The molecule has 3 fully saturated rings. The predicted molar refractivity (Wildman–Crippen MR) is 132 cm³/mol. The lowest BCUT2D eigenvalue weighted by atomic mass is 9.82. The predicted octanol–water partition coefficient (Wildman–Crippen LogP) is 1.43. The molecule has 3 saturated heterocycles. The van der Waals surface area contributed by atoms with Gasteiger partial charge < -0.3 is 36.3 Å². The molecule has 1 unspecified atom stereocenters. The lowest BCUT2D eigenvalue weighted by Gasteiger charge is -2.51. The second-order valence-electron chi connectivity index (χ2n) is 10.8. The van der Waals surface area contributed by atoms with Crippen LogP contribution in [0.5, 0.6) is 0 Å². The van der Waals surface area contributed by atoms with Gasteiger partial charge in [0.25, 0.3) is 0 Å². The monoisotopic (exact) mass is 576 g/mol. The molecule has 1 N–H and O–H groups in total. The first-order chi connectivity index (χ1) is 17.1. The molecule has 2 atom stereocenters. The number of rotatable bonds is 7. The number of carbonyl (C=O) groups excluding carboxylic acids is 3. The molecule has 0 aliphatic carbocycles. The molecular formula is C28H34BrFN2O5. The van der Waals surface area contributed by atoms with E-state index in [1.54, 1.807) is 26.8 Å². The maximum atomic E-state index is 14.6. The number of hydrogen-bond acceptors (Lipinski definition) is 5. The van der Waals surface area contributed by atoms with E-state index in [1.807, 2.05) is 30.3 Å². The summed E-state index contributed by atoms with van der Waals surface area (Å²) in [6, 6.07) is 13.6. The number of alkyl carbamates (subject to hydrolysis) is 1. The molecule has 200 valence electrons. The molecule has 0 saturated carbocycles. The summed E-state index contributed by atoms with van der Waals surface area (Å²) in [5.41, 5.74) is -0.101. The number of fused-ring (bicyclic) bond motifs is 3. The van der Waals surface area contributed by atoms with Gasteiger partial charge in [-0.25, -0.2) is 14.0 Å². The summed E-state index contributed by atoms with van der Waals surface area (Å²) in [6.45, 7) is 7.68. The van der Waals surface area contributed by atoms with Gasteiger partial charge in [0.1, 0.15) is 24.5 Å². The van der Waals surface area contributed by atoms with Gasteiger partial charge in [0, 0.05) is 29.9 Å². The van der Waals surface area contributed by atoms with Gasteiger partial charge in [0.15, 0.2) is 12.1 Å². The second-order valence-corrected chi connectivity index (χ2v) is 10.8. The quantitative estimate of drug-likeness (QED) is 0.306. The number of ether oxygens (including phenoxy) is 2. The van der Waals surface area contributed by atoms with Gasteiger partial charge in [-0.3, -0.25) is 4.79 Å². The van der Waals surface area contributed by atoms with E-state index in [1.165, 1.54) is 18.2 Å². The van der Waals surface area contributed by atoms with Gasteiger partial charge in [0.2, 0.25) is 5.78 Å². The van der Waals surface area contributed by atoms with Crippen molar-refractivity contribution in [2.24, 2.45) is 5.92 Å². The fraction of sp³-hybridized carbons (Fsp3) is 0.464. The third kappa shape index (κ3) is 7.17. The topological polar surface area (TPSA) is 81.7 Å². The second kappa shape index (κ2) is 11.7. The zero-order valence-electron chi connectivity index (χ0n) is 21.4. The molecule has 3 aliphatic rings. The average Bonchev–Trinajstić information content (AvgIpc) is 2.83. The van der Waals surface area contributed by atoms with Crippen molar-refractivity contribution in [3.05, 3.63) is 71.5 Å². The normalized spacial score (nSPS) is 23.4. The average molecular weight is 577 g/mol. The molecule has 3 heterocycles. The van der Waals surface area contributed by atoms with E-state index in [2.05, 4.69) is 5.32 Å². The summed E-state index contributed by atoms with van der Waals surface area (Å²) in [6.07, 6.45) is 0.421. The number of quaternary nitrogens is 1. The number of Topliss-reactive ketones (excluding diaryl/α,β-unsaturated/α-hetero) is 1. The molecule has 2 bridgehead atoms. The minimum Gasteiger partial charge on any atom is -1.00 e. The first-order valence-electron chi connectivity index (χ1n) is 12.4. The zero-order valence-corrected chi connectivity index (χ0v) is 23.0. The van der Waals surface area contributed by atoms with Crippen LogP contribution in [0, 0.1) is 11.7 Å². The smallest absolute Gasteiger partial charge is 0.408 e. The van der Waals surface area contributed by atoms with Crippen molar-refractivity contribution >= 4 is 17.8 Å². The molecule has 3 aliphatic heterocycles. The molecule has 1 amide bonds. The van der Waals surface area contributed by atoms with Gasteiger partial charge in [-0.15, -0.1) is 0 Å². The van der Waals surface area contributed by atoms with E-state index >= 15 is 0 Å². The number of nitrogens with one attached hydrogen (secondary N) is 1. The lowest BCUT2D eigenvalue weighted by Crippen LogP contribution is -3.00. The molecule has 0 radical (unpaired) electrons. The highest BCUT2D eigenvalue weighted by molar-refractivity contribution is 5.97. The van der Waals surface area contributed by atoms with Crippen LogP contribution in [-0.2, 0) is 14.3 Å². The minimum atomic E-state index is -1.35. The number of nitrogens with zero attached hydrogens (tertiary/aromatic N) is 1. The SMILES string of the molecule is CC(C)(C)OC(=O)NC(C(=O)O[C@H]1C[N+]2(CC(=O)c3ccccc3)CCC1CC2)c1ccccc1F.[Br-]. The van der Waals surface area contributed by atoms with Gasteiger partial charge in [0.05, 0.1) is 13.1 Å². The highest BCUT2D eigenvalue weighted by Gasteiger charge is 2.49. The fourth-order valence-electron chi connectivity index (χ4n) is 5.21. The Morgan fingerprint density at radius 3 is 2.27 bits per heavy atom. The summed E-state index contributed by atoms with van der Waals surface area (Å²) in [7, 11) is 0. The van der Waals surface area contributed by atoms with Crippen molar-refractivity contribution in [1.29, 1.82) is 0 Å². The number of ketones is 1. The van der Waals surface area contributed by atoms with Crippen LogP contribution < -0.4 is 22.3 Å². The Morgan fingerprint density at radius 1 is 1.03 bits per heavy atom. The van der Waals surface area contributed by atoms with Crippen LogP contribution in [0.1, 0.15) is 55.6 Å². The number of carbonyl (C=O) groups is 3.